The van der Waals surface area contributed by atoms with Gasteiger partial charge in [-0.3, -0.25) is 0 Å². The Morgan fingerprint density at radius 3 is 2.73 bits per heavy atom. The highest BCUT2D eigenvalue weighted by Crippen LogP contribution is 2.27. The zero-order valence-electron chi connectivity index (χ0n) is 8.50. The number of nitrogens with zero attached hydrogens (tertiary/aromatic N) is 2. The van der Waals surface area contributed by atoms with Gasteiger partial charge in [0.05, 0.1) is 16.1 Å². The highest BCUT2D eigenvalue weighted by Gasteiger charge is 2.25. The van der Waals surface area contributed by atoms with Crippen molar-refractivity contribution >= 4 is 29.0 Å². The smallest absolute Gasteiger partial charge is 0.147 e. The van der Waals surface area contributed by atoms with Crippen molar-refractivity contribution in [3.05, 3.63) is 22.3 Å². The minimum atomic E-state index is 0.501. The fraction of sp³-hybridized carbons (Fsp3) is 0.500. The van der Waals surface area contributed by atoms with Crippen LogP contribution < -0.4 is 10.2 Å². The Morgan fingerprint density at radius 2 is 2.27 bits per heavy atom. The third-order valence-electron chi connectivity index (χ3n) is 2.60. The molecule has 1 aliphatic heterocycles. The molecule has 0 aromatic carbocycles. The van der Waals surface area contributed by atoms with Crippen molar-refractivity contribution in [2.24, 2.45) is 0 Å². The highest BCUT2D eigenvalue weighted by molar-refractivity contribution is 6.36. The van der Waals surface area contributed by atoms with E-state index in [4.69, 9.17) is 23.2 Å². The first-order valence-electron chi connectivity index (χ1n) is 5.00. The van der Waals surface area contributed by atoms with E-state index in [-0.39, 0.29) is 0 Å². The van der Waals surface area contributed by atoms with Crippen molar-refractivity contribution in [2.45, 2.75) is 13.0 Å². The van der Waals surface area contributed by atoms with Crippen LogP contribution in [0.5, 0.6) is 0 Å². The summed E-state index contributed by atoms with van der Waals surface area (Å²) in [7, 11) is 0. The van der Waals surface area contributed by atoms with Gasteiger partial charge < -0.3 is 10.2 Å². The number of rotatable bonds is 3. The van der Waals surface area contributed by atoms with Gasteiger partial charge in [-0.1, -0.05) is 23.2 Å². The average Bonchev–Trinajstić information content (AvgIpc) is 2.12. The first-order valence-corrected chi connectivity index (χ1v) is 5.76. The second-order valence-electron chi connectivity index (χ2n) is 3.56. The van der Waals surface area contributed by atoms with Crippen LogP contribution in [-0.2, 0) is 0 Å². The predicted octanol–water partition coefficient (Wildman–Crippen LogP) is 2.19. The zero-order valence-corrected chi connectivity index (χ0v) is 10.0. The molecule has 1 fully saturated rings. The van der Waals surface area contributed by atoms with Crippen LogP contribution in [0.4, 0.5) is 5.82 Å². The van der Waals surface area contributed by atoms with Gasteiger partial charge in [0.1, 0.15) is 5.82 Å². The molecule has 2 heterocycles. The van der Waals surface area contributed by atoms with Crippen LogP contribution in [0.1, 0.15) is 6.92 Å². The van der Waals surface area contributed by atoms with Crippen LogP contribution in [0.15, 0.2) is 12.3 Å². The van der Waals surface area contributed by atoms with Gasteiger partial charge in [-0.15, -0.1) is 0 Å². The summed E-state index contributed by atoms with van der Waals surface area (Å²) in [6.45, 7) is 4.99. The first kappa shape index (κ1) is 11.0. The van der Waals surface area contributed by atoms with Gasteiger partial charge in [0, 0.05) is 25.8 Å². The number of pyridine rings is 1. The molecule has 1 N–H and O–H groups in total. The lowest BCUT2D eigenvalue weighted by molar-refractivity contribution is 0.415. The lowest BCUT2D eigenvalue weighted by Gasteiger charge is -2.38. The van der Waals surface area contributed by atoms with E-state index >= 15 is 0 Å². The van der Waals surface area contributed by atoms with Gasteiger partial charge in [-0.2, -0.15) is 0 Å². The molecule has 1 saturated heterocycles. The fourth-order valence-electron chi connectivity index (χ4n) is 1.69. The molecule has 0 atom stereocenters. The van der Waals surface area contributed by atoms with Crippen LogP contribution in [0.3, 0.4) is 0 Å². The molecular formula is C10H13Cl2N3. The van der Waals surface area contributed by atoms with Crippen molar-refractivity contribution in [3.8, 4) is 0 Å². The quantitative estimate of drug-likeness (QED) is 0.886. The van der Waals surface area contributed by atoms with E-state index in [1.165, 1.54) is 0 Å². The molecule has 1 aliphatic rings. The Hall–Kier alpha value is -0.510. The molecular weight excluding hydrogens is 233 g/mol. The standard InChI is InChI=1S/C10H13Cl2N3/c1-2-15(8-5-13-6-8)10-9(12)3-7(11)4-14-10/h3-4,8,13H,2,5-6H2,1H3. The summed E-state index contributed by atoms with van der Waals surface area (Å²) in [6.07, 6.45) is 1.64. The molecule has 3 nitrogen and oxygen atoms in total. The van der Waals surface area contributed by atoms with E-state index in [1.54, 1.807) is 12.3 Å². The number of hydrogen-bond acceptors (Lipinski definition) is 3. The number of halogens is 2. The van der Waals surface area contributed by atoms with E-state index < -0.39 is 0 Å². The zero-order chi connectivity index (χ0) is 10.8. The van der Waals surface area contributed by atoms with E-state index in [2.05, 4.69) is 22.1 Å². The van der Waals surface area contributed by atoms with Crippen LogP contribution >= 0.6 is 23.2 Å². The Morgan fingerprint density at radius 1 is 1.53 bits per heavy atom. The van der Waals surface area contributed by atoms with Crippen molar-refractivity contribution in [3.63, 3.8) is 0 Å². The van der Waals surface area contributed by atoms with E-state index in [0.717, 1.165) is 25.5 Å². The minimum Gasteiger partial charge on any atom is -0.350 e. The van der Waals surface area contributed by atoms with Crippen molar-refractivity contribution < 1.29 is 0 Å². The van der Waals surface area contributed by atoms with Gasteiger partial charge in [0.2, 0.25) is 0 Å². The number of nitrogens with one attached hydrogen (secondary N) is 1. The van der Waals surface area contributed by atoms with Gasteiger partial charge in [-0.25, -0.2) is 4.98 Å². The molecule has 1 aromatic rings. The highest BCUT2D eigenvalue weighted by atomic mass is 35.5. The summed E-state index contributed by atoms with van der Waals surface area (Å²) in [4.78, 5) is 6.49. The Kier molecular flexibility index (Phi) is 3.34. The summed E-state index contributed by atoms with van der Waals surface area (Å²) < 4.78 is 0. The molecule has 0 spiro atoms. The summed E-state index contributed by atoms with van der Waals surface area (Å²) in [5, 5.41) is 4.44. The summed E-state index contributed by atoms with van der Waals surface area (Å²) in [5.74, 6) is 0.829. The van der Waals surface area contributed by atoms with Crippen LogP contribution in [0.25, 0.3) is 0 Å². The molecule has 0 bridgehead atoms. The predicted molar refractivity (Wildman–Crippen MR) is 63.9 cm³/mol. The van der Waals surface area contributed by atoms with Crippen molar-refractivity contribution in [1.82, 2.24) is 10.3 Å². The van der Waals surface area contributed by atoms with Crippen LogP contribution in [-0.4, -0.2) is 30.7 Å². The topological polar surface area (TPSA) is 28.2 Å². The largest absolute Gasteiger partial charge is 0.350 e. The molecule has 0 saturated carbocycles. The minimum absolute atomic E-state index is 0.501. The van der Waals surface area contributed by atoms with Gasteiger partial charge in [-0.05, 0) is 13.0 Å². The molecule has 1 aromatic heterocycles. The number of hydrogen-bond donors (Lipinski definition) is 1. The number of aromatic nitrogens is 1. The molecule has 0 radical (unpaired) electrons. The summed E-state index contributed by atoms with van der Waals surface area (Å²) >= 11 is 11.9. The summed E-state index contributed by atoms with van der Waals surface area (Å²) in [5.41, 5.74) is 0. The Balaban J connectivity index is 2.25. The monoisotopic (exact) mass is 245 g/mol. The second-order valence-corrected chi connectivity index (χ2v) is 4.40. The van der Waals surface area contributed by atoms with Gasteiger partial charge in [0.25, 0.3) is 0 Å². The van der Waals surface area contributed by atoms with Gasteiger partial charge in [0.15, 0.2) is 0 Å². The first-order chi connectivity index (χ1) is 7.22. The third kappa shape index (κ3) is 2.19. The van der Waals surface area contributed by atoms with E-state index in [0.29, 0.717) is 16.1 Å². The number of anilines is 1. The lowest BCUT2D eigenvalue weighted by Crippen LogP contribution is -2.57. The molecule has 0 unspecified atom stereocenters. The maximum atomic E-state index is 6.12. The fourth-order valence-corrected chi connectivity index (χ4v) is 2.18. The van der Waals surface area contributed by atoms with Crippen LogP contribution in [0, 0.1) is 0 Å². The molecule has 5 heteroatoms. The maximum Gasteiger partial charge on any atom is 0.147 e. The Bertz CT molecular complexity index is 353. The van der Waals surface area contributed by atoms with E-state index in [1.807, 2.05) is 0 Å². The van der Waals surface area contributed by atoms with Crippen LogP contribution in [0.2, 0.25) is 10.0 Å². The third-order valence-corrected chi connectivity index (χ3v) is 3.09. The SMILES string of the molecule is CCN(c1ncc(Cl)cc1Cl)C1CNC1. The Labute approximate surface area is 99.4 Å². The second kappa shape index (κ2) is 4.56. The molecule has 0 amide bonds. The number of likely N-dealkylation sites (N-methyl/N-ethyl adjacent to an activating group) is 1. The molecule has 15 heavy (non-hydrogen) atoms. The van der Waals surface area contributed by atoms with Crippen molar-refractivity contribution in [2.75, 3.05) is 24.5 Å². The van der Waals surface area contributed by atoms with Crippen molar-refractivity contribution in [1.29, 1.82) is 0 Å². The molecule has 0 aliphatic carbocycles. The summed E-state index contributed by atoms with van der Waals surface area (Å²) in [6, 6.07) is 2.24. The average molecular weight is 246 g/mol. The molecule has 2 rings (SSSR count). The molecule has 82 valence electrons. The normalized spacial score (nSPS) is 16.2. The maximum absolute atomic E-state index is 6.12. The van der Waals surface area contributed by atoms with Gasteiger partial charge >= 0.3 is 0 Å². The lowest BCUT2D eigenvalue weighted by atomic mass is 10.1. The van der Waals surface area contributed by atoms with E-state index in [9.17, 15) is 0 Å².